The number of nitrogens with zero attached hydrogens (tertiary/aromatic N) is 3. The number of aryl methyl sites for hydroxylation is 4. The van der Waals surface area contributed by atoms with Crippen molar-refractivity contribution in [3.63, 3.8) is 0 Å². The Hall–Kier alpha value is -5.02. The molecule has 3 nitrogen and oxygen atoms in total. The molecular formula is C41H39N3. The maximum atomic E-state index is 5.38. The van der Waals surface area contributed by atoms with E-state index < -0.39 is 0 Å². The Morgan fingerprint density at radius 1 is 0.455 bits per heavy atom. The lowest BCUT2D eigenvalue weighted by molar-refractivity contribution is 0.906. The van der Waals surface area contributed by atoms with Crippen LogP contribution in [-0.2, 0) is 0 Å². The van der Waals surface area contributed by atoms with Gasteiger partial charge in [0.25, 0.3) is 0 Å². The highest BCUT2D eigenvalue weighted by molar-refractivity contribution is 6.40. The minimum Gasteiger partial charge on any atom is -0.275 e. The molecule has 0 saturated heterocycles. The second kappa shape index (κ2) is 12.3. The van der Waals surface area contributed by atoms with Gasteiger partial charge in [0, 0.05) is 11.1 Å². The first-order valence-corrected chi connectivity index (χ1v) is 15.3. The first kappa shape index (κ1) is 29.1. The van der Waals surface area contributed by atoms with E-state index in [9.17, 15) is 0 Å². The molecular weight excluding hydrogens is 534 g/mol. The third-order valence-corrected chi connectivity index (χ3v) is 8.45. The molecule has 0 saturated carbocycles. The van der Waals surface area contributed by atoms with E-state index in [4.69, 9.17) is 10.1 Å². The van der Waals surface area contributed by atoms with Crippen LogP contribution in [0.1, 0.15) is 47.2 Å². The van der Waals surface area contributed by atoms with Crippen molar-refractivity contribution in [1.29, 1.82) is 0 Å². The Labute approximate surface area is 261 Å². The minimum atomic E-state index is -0.122. The third kappa shape index (κ3) is 6.05. The van der Waals surface area contributed by atoms with Crippen LogP contribution in [0.3, 0.4) is 0 Å². The number of benzene rings is 4. The summed E-state index contributed by atoms with van der Waals surface area (Å²) >= 11 is 0. The molecule has 0 bridgehead atoms. The van der Waals surface area contributed by atoms with Gasteiger partial charge in [-0.3, -0.25) is 4.99 Å². The van der Waals surface area contributed by atoms with Crippen LogP contribution in [-0.4, -0.2) is 22.1 Å². The molecule has 0 N–H and O–H groups in total. The molecule has 1 aliphatic carbocycles. The average Bonchev–Trinajstić information content (AvgIpc) is 3.63. The number of rotatable bonds is 7. The summed E-state index contributed by atoms with van der Waals surface area (Å²) < 4.78 is 2.08. The smallest absolute Gasteiger partial charge is 0.101 e. The fourth-order valence-electron chi connectivity index (χ4n) is 5.60. The van der Waals surface area contributed by atoms with E-state index in [-0.39, 0.29) is 6.04 Å². The van der Waals surface area contributed by atoms with E-state index in [0.717, 1.165) is 33.9 Å². The van der Waals surface area contributed by atoms with Crippen LogP contribution in [0.2, 0.25) is 0 Å². The first-order valence-electron chi connectivity index (χ1n) is 15.3. The number of allylic oxidation sites excluding steroid dienone is 2. The molecule has 218 valence electrons. The predicted molar refractivity (Wildman–Crippen MR) is 188 cm³/mol. The number of aromatic nitrogens is 1. The van der Waals surface area contributed by atoms with Crippen molar-refractivity contribution in [3.05, 3.63) is 155 Å². The molecule has 0 radical (unpaired) electrons. The van der Waals surface area contributed by atoms with E-state index in [0.29, 0.717) is 0 Å². The van der Waals surface area contributed by atoms with Crippen LogP contribution in [0.5, 0.6) is 0 Å². The second-order valence-corrected chi connectivity index (χ2v) is 11.9. The molecule has 0 unspecified atom stereocenters. The summed E-state index contributed by atoms with van der Waals surface area (Å²) in [5, 5.41) is 5.24. The van der Waals surface area contributed by atoms with Crippen molar-refractivity contribution < 1.29 is 0 Å². The van der Waals surface area contributed by atoms with Crippen LogP contribution < -0.4 is 0 Å². The van der Waals surface area contributed by atoms with Gasteiger partial charge in [-0.2, -0.15) is 5.10 Å². The summed E-state index contributed by atoms with van der Waals surface area (Å²) in [6, 6.07) is 39.0. The zero-order valence-electron chi connectivity index (χ0n) is 26.5. The highest BCUT2D eigenvalue weighted by Crippen LogP contribution is 2.37. The molecule has 1 heterocycles. The van der Waals surface area contributed by atoms with E-state index in [1.165, 1.54) is 44.5 Å². The molecule has 1 aliphatic rings. The summed E-state index contributed by atoms with van der Waals surface area (Å²) in [4.78, 5) is 5.38. The van der Waals surface area contributed by atoms with Gasteiger partial charge >= 0.3 is 0 Å². The molecule has 3 heteroatoms. The molecule has 4 aromatic carbocycles. The highest BCUT2D eigenvalue weighted by Gasteiger charge is 2.25. The summed E-state index contributed by atoms with van der Waals surface area (Å²) in [5.74, 6) is 0. The van der Waals surface area contributed by atoms with E-state index >= 15 is 0 Å². The van der Waals surface area contributed by atoms with Crippen LogP contribution in [0, 0.1) is 27.7 Å². The van der Waals surface area contributed by atoms with Crippen LogP contribution >= 0.6 is 0 Å². The Bertz CT molecular complexity index is 1790. The zero-order valence-corrected chi connectivity index (χ0v) is 26.5. The standard InChI is InChI=1S/C41H39N3/c1-27-7-15-33(16-8-27)37-23-24-38(34-17-9-28(2)10-18-34)41(37)42-31(5)32(6)43-44-39(35-19-11-29(3)12-20-35)25-26-40(44)36-21-13-30(4)14-22-36/h7-26,41H,1-6H3/b42-31?,43-32-. The lowest BCUT2D eigenvalue weighted by atomic mass is 9.93. The maximum absolute atomic E-state index is 5.38. The van der Waals surface area contributed by atoms with Crippen molar-refractivity contribution >= 4 is 22.6 Å². The molecule has 0 amide bonds. The van der Waals surface area contributed by atoms with Crippen LogP contribution in [0.15, 0.2) is 131 Å². The molecule has 44 heavy (non-hydrogen) atoms. The van der Waals surface area contributed by atoms with Gasteiger partial charge in [0.05, 0.1) is 22.8 Å². The number of hydrogen-bond donors (Lipinski definition) is 0. The second-order valence-electron chi connectivity index (χ2n) is 11.9. The van der Waals surface area contributed by atoms with Crippen LogP contribution in [0.25, 0.3) is 33.7 Å². The third-order valence-electron chi connectivity index (χ3n) is 8.45. The molecule has 1 aromatic heterocycles. The summed E-state index contributed by atoms with van der Waals surface area (Å²) in [7, 11) is 0. The van der Waals surface area contributed by atoms with E-state index in [1.807, 2.05) is 0 Å². The summed E-state index contributed by atoms with van der Waals surface area (Å²) in [6.45, 7) is 12.6. The Kier molecular flexibility index (Phi) is 8.13. The quantitative estimate of drug-likeness (QED) is 0.173. The lowest BCUT2D eigenvalue weighted by Crippen LogP contribution is -2.16. The Morgan fingerprint density at radius 2 is 0.795 bits per heavy atom. The number of aliphatic imine (C=N–C) groups is 1. The monoisotopic (exact) mass is 573 g/mol. The van der Waals surface area contributed by atoms with Crippen LogP contribution in [0.4, 0.5) is 0 Å². The van der Waals surface area contributed by atoms with Crippen molar-refractivity contribution in [3.8, 4) is 22.5 Å². The average molecular weight is 574 g/mol. The largest absolute Gasteiger partial charge is 0.275 e. The fraction of sp³-hybridized carbons (Fsp3) is 0.171. The molecule has 5 aromatic rings. The van der Waals surface area contributed by atoms with Crippen molar-refractivity contribution in [2.75, 3.05) is 0 Å². The highest BCUT2D eigenvalue weighted by atomic mass is 15.4. The van der Waals surface area contributed by atoms with Crippen molar-refractivity contribution in [2.24, 2.45) is 10.1 Å². The summed E-state index contributed by atoms with van der Waals surface area (Å²) in [6.07, 6.45) is 4.45. The Morgan fingerprint density at radius 3 is 1.16 bits per heavy atom. The molecule has 0 aliphatic heterocycles. The van der Waals surface area contributed by atoms with Gasteiger partial charge in [-0.05, 0) is 75.9 Å². The molecule has 6 rings (SSSR count). The number of hydrogen-bond acceptors (Lipinski definition) is 2. The zero-order chi connectivity index (χ0) is 30.8. The lowest BCUT2D eigenvalue weighted by Gasteiger charge is -2.18. The van der Waals surface area contributed by atoms with Gasteiger partial charge in [0.2, 0.25) is 0 Å². The molecule has 0 fully saturated rings. The fourth-order valence-corrected chi connectivity index (χ4v) is 5.60. The van der Waals surface area contributed by atoms with Gasteiger partial charge in [0.1, 0.15) is 6.04 Å². The van der Waals surface area contributed by atoms with Gasteiger partial charge in [0.15, 0.2) is 0 Å². The normalized spacial score (nSPS) is 14.1. The molecule has 0 atom stereocenters. The Balaban J connectivity index is 1.43. The van der Waals surface area contributed by atoms with Crippen molar-refractivity contribution in [1.82, 2.24) is 4.68 Å². The van der Waals surface area contributed by atoms with Gasteiger partial charge in [-0.15, -0.1) is 0 Å². The molecule has 0 spiro atoms. The van der Waals surface area contributed by atoms with E-state index in [2.05, 4.69) is 168 Å². The maximum Gasteiger partial charge on any atom is 0.101 e. The predicted octanol–water partition coefficient (Wildman–Crippen LogP) is 10.3. The first-order chi connectivity index (χ1) is 21.3. The minimum absolute atomic E-state index is 0.122. The van der Waals surface area contributed by atoms with Gasteiger partial charge < -0.3 is 0 Å². The van der Waals surface area contributed by atoms with Crippen molar-refractivity contribution in [2.45, 2.75) is 47.6 Å². The van der Waals surface area contributed by atoms with E-state index in [1.54, 1.807) is 0 Å². The van der Waals surface area contributed by atoms with Gasteiger partial charge in [-0.1, -0.05) is 131 Å². The summed E-state index contributed by atoms with van der Waals surface area (Å²) in [5.41, 5.74) is 15.9. The van der Waals surface area contributed by atoms with Gasteiger partial charge in [-0.25, -0.2) is 4.68 Å². The SMILES string of the molecule is CC(=NC1C(c2ccc(C)cc2)=CC=C1c1ccc(C)cc1)/C(C)=N\n1c(-c2ccc(C)cc2)ccc1-c1ccc(C)cc1. The topological polar surface area (TPSA) is 29.6 Å².